The van der Waals surface area contributed by atoms with Gasteiger partial charge in [0.15, 0.2) is 5.65 Å². The molecule has 86 valence electrons. The molecule has 3 aromatic rings. The Balaban J connectivity index is 2.40. The molecule has 0 atom stereocenters. The molecule has 0 fully saturated rings. The van der Waals surface area contributed by atoms with E-state index in [9.17, 15) is 8.42 Å². The van der Waals surface area contributed by atoms with E-state index in [4.69, 9.17) is 0 Å². The number of para-hydroxylation sites is 1. The minimum atomic E-state index is -3.26. The van der Waals surface area contributed by atoms with E-state index < -0.39 is 9.84 Å². The number of hydrogen-bond acceptors (Lipinski definition) is 5. The first-order chi connectivity index (χ1) is 8.04. The van der Waals surface area contributed by atoms with Gasteiger partial charge in [0.05, 0.1) is 10.2 Å². The first kappa shape index (κ1) is 10.6. The summed E-state index contributed by atoms with van der Waals surface area (Å²) in [6, 6.07) is 9.57. The molecule has 2 aromatic heterocycles. The Labute approximate surface area is 102 Å². The number of benzene rings is 1. The zero-order valence-electron chi connectivity index (χ0n) is 8.91. The second-order valence-electron chi connectivity index (χ2n) is 3.75. The van der Waals surface area contributed by atoms with E-state index >= 15 is 0 Å². The molecular formula is C11H8N2O2S2. The van der Waals surface area contributed by atoms with E-state index in [-0.39, 0.29) is 4.34 Å². The highest BCUT2D eigenvalue weighted by Crippen LogP contribution is 2.27. The standard InChI is InChI=1S/C11H8N2O2S2/c1-17(14,15)11-13-10-9(16-11)6-7-4-2-3-5-8(7)12-10/h2-6H,1H3. The molecule has 2 heterocycles. The van der Waals surface area contributed by atoms with Crippen LogP contribution in [0.15, 0.2) is 34.7 Å². The lowest BCUT2D eigenvalue weighted by atomic mass is 10.2. The van der Waals surface area contributed by atoms with Gasteiger partial charge in [0, 0.05) is 11.6 Å². The van der Waals surface area contributed by atoms with E-state index in [1.54, 1.807) is 0 Å². The van der Waals surface area contributed by atoms with Crippen LogP contribution < -0.4 is 0 Å². The van der Waals surface area contributed by atoms with Gasteiger partial charge in [0.25, 0.3) is 0 Å². The van der Waals surface area contributed by atoms with Crippen molar-refractivity contribution in [3.05, 3.63) is 30.3 Å². The second-order valence-corrected chi connectivity index (χ2v) is 6.97. The molecule has 0 aliphatic rings. The summed E-state index contributed by atoms with van der Waals surface area (Å²) in [4.78, 5) is 8.40. The molecule has 0 bridgehead atoms. The minimum Gasteiger partial charge on any atom is -0.227 e. The summed E-state index contributed by atoms with van der Waals surface area (Å²) < 4.78 is 23.7. The molecule has 0 saturated heterocycles. The number of nitrogens with zero attached hydrogens (tertiary/aromatic N) is 2. The molecule has 0 aliphatic carbocycles. The van der Waals surface area contributed by atoms with Crippen molar-refractivity contribution in [2.75, 3.05) is 6.26 Å². The van der Waals surface area contributed by atoms with Crippen molar-refractivity contribution in [1.29, 1.82) is 0 Å². The molecule has 1 aromatic carbocycles. The zero-order chi connectivity index (χ0) is 12.0. The number of hydrogen-bond donors (Lipinski definition) is 0. The smallest absolute Gasteiger partial charge is 0.211 e. The SMILES string of the molecule is CS(=O)(=O)c1nc2nc3ccccc3cc2s1. The Morgan fingerprint density at radius 1 is 1.18 bits per heavy atom. The van der Waals surface area contributed by atoms with E-state index in [2.05, 4.69) is 9.97 Å². The number of aromatic nitrogens is 2. The predicted octanol–water partition coefficient (Wildman–Crippen LogP) is 2.25. The van der Waals surface area contributed by atoms with Crippen LogP contribution in [0.2, 0.25) is 0 Å². The third-order valence-electron chi connectivity index (χ3n) is 2.38. The molecular weight excluding hydrogens is 256 g/mol. The van der Waals surface area contributed by atoms with E-state index in [1.807, 2.05) is 30.3 Å². The van der Waals surface area contributed by atoms with Crippen LogP contribution in [0.25, 0.3) is 21.3 Å². The van der Waals surface area contributed by atoms with Gasteiger partial charge in [-0.1, -0.05) is 18.2 Å². The van der Waals surface area contributed by atoms with Crippen LogP contribution in [-0.2, 0) is 9.84 Å². The lowest BCUT2D eigenvalue weighted by Crippen LogP contribution is -1.95. The maximum Gasteiger partial charge on any atom is 0.211 e. The van der Waals surface area contributed by atoms with Gasteiger partial charge in [0.2, 0.25) is 14.2 Å². The molecule has 0 saturated carbocycles. The number of pyridine rings is 1. The first-order valence-electron chi connectivity index (χ1n) is 4.90. The molecule has 0 radical (unpaired) electrons. The fraction of sp³-hybridized carbons (Fsp3) is 0.0909. The van der Waals surface area contributed by atoms with Gasteiger partial charge in [-0.3, -0.25) is 0 Å². The van der Waals surface area contributed by atoms with Crippen LogP contribution in [-0.4, -0.2) is 24.6 Å². The fourth-order valence-electron chi connectivity index (χ4n) is 1.60. The largest absolute Gasteiger partial charge is 0.227 e. The monoisotopic (exact) mass is 264 g/mol. The van der Waals surface area contributed by atoms with Gasteiger partial charge in [-0.2, -0.15) is 0 Å². The van der Waals surface area contributed by atoms with Crippen LogP contribution in [0.5, 0.6) is 0 Å². The summed E-state index contributed by atoms with van der Waals surface area (Å²) in [7, 11) is -3.26. The summed E-state index contributed by atoms with van der Waals surface area (Å²) in [5.74, 6) is 0. The van der Waals surface area contributed by atoms with Crippen LogP contribution in [0.3, 0.4) is 0 Å². The molecule has 0 spiro atoms. The Kier molecular flexibility index (Phi) is 2.17. The normalized spacial score (nSPS) is 12.3. The second kappa shape index (κ2) is 3.48. The van der Waals surface area contributed by atoms with Gasteiger partial charge < -0.3 is 0 Å². The topological polar surface area (TPSA) is 59.9 Å². The Morgan fingerprint density at radius 3 is 2.71 bits per heavy atom. The maximum atomic E-state index is 11.4. The number of sulfone groups is 1. The summed E-state index contributed by atoms with van der Waals surface area (Å²) in [5, 5.41) is 0.990. The summed E-state index contributed by atoms with van der Waals surface area (Å²) >= 11 is 1.16. The van der Waals surface area contributed by atoms with Gasteiger partial charge in [-0.05, 0) is 12.1 Å². The molecule has 0 N–H and O–H groups in total. The van der Waals surface area contributed by atoms with E-state index in [0.717, 1.165) is 33.2 Å². The number of thiazole rings is 1. The molecule has 0 amide bonds. The molecule has 0 aliphatic heterocycles. The van der Waals surface area contributed by atoms with Gasteiger partial charge in [-0.25, -0.2) is 18.4 Å². The molecule has 3 rings (SSSR count). The quantitative estimate of drug-likeness (QED) is 0.676. The van der Waals surface area contributed by atoms with Crippen molar-refractivity contribution >= 4 is 42.4 Å². The van der Waals surface area contributed by atoms with Crippen molar-refractivity contribution in [3.8, 4) is 0 Å². The molecule has 17 heavy (non-hydrogen) atoms. The Hall–Kier alpha value is -1.53. The van der Waals surface area contributed by atoms with Crippen LogP contribution in [0.4, 0.5) is 0 Å². The van der Waals surface area contributed by atoms with Crippen molar-refractivity contribution in [2.24, 2.45) is 0 Å². The lowest BCUT2D eigenvalue weighted by Gasteiger charge is -1.94. The van der Waals surface area contributed by atoms with Crippen molar-refractivity contribution in [1.82, 2.24) is 9.97 Å². The van der Waals surface area contributed by atoms with Gasteiger partial charge in [0.1, 0.15) is 0 Å². The lowest BCUT2D eigenvalue weighted by molar-refractivity contribution is 0.601. The van der Waals surface area contributed by atoms with Crippen molar-refractivity contribution in [3.63, 3.8) is 0 Å². The summed E-state index contributed by atoms with van der Waals surface area (Å²) in [6.45, 7) is 0. The molecule has 4 nitrogen and oxygen atoms in total. The third-order valence-corrected chi connectivity index (χ3v) is 5.05. The highest BCUT2D eigenvalue weighted by Gasteiger charge is 2.14. The summed E-state index contributed by atoms with van der Waals surface area (Å²) in [6.07, 6.45) is 1.16. The van der Waals surface area contributed by atoms with Gasteiger partial charge >= 0.3 is 0 Å². The van der Waals surface area contributed by atoms with E-state index in [0.29, 0.717) is 5.65 Å². The van der Waals surface area contributed by atoms with Crippen LogP contribution in [0, 0.1) is 0 Å². The summed E-state index contributed by atoms with van der Waals surface area (Å²) in [5.41, 5.74) is 1.32. The van der Waals surface area contributed by atoms with Crippen LogP contribution >= 0.6 is 11.3 Å². The fourth-order valence-corrected chi connectivity index (χ4v) is 3.42. The van der Waals surface area contributed by atoms with Gasteiger partial charge in [-0.15, -0.1) is 11.3 Å². The predicted molar refractivity (Wildman–Crippen MR) is 68.0 cm³/mol. The highest BCUT2D eigenvalue weighted by molar-refractivity contribution is 7.92. The van der Waals surface area contributed by atoms with Crippen molar-refractivity contribution in [2.45, 2.75) is 4.34 Å². The molecule has 6 heteroatoms. The first-order valence-corrected chi connectivity index (χ1v) is 7.61. The Morgan fingerprint density at radius 2 is 1.94 bits per heavy atom. The van der Waals surface area contributed by atoms with Crippen LogP contribution in [0.1, 0.15) is 0 Å². The maximum absolute atomic E-state index is 11.4. The minimum absolute atomic E-state index is 0.121. The molecule has 0 unspecified atom stereocenters. The van der Waals surface area contributed by atoms with E-state index in [1.165, 1.54) is 0 Å². The number of fused-ring (bicyclic) bond motifs is 2. The number of rotatable bonds is 1. The zero-order valence-corrected chi connectivity index (χ0v) is 10.5. The Bertz CT molecular complexity index is 769. The average molecular weight is 264 g/mol. The average Bonchev–Trinajstić information content (AvgIpc) is 2.68. The third kappa shape index (κ3) is 1.79. The highest BCUT2D eigenvalue weighted by atomic mass is 32.2. The van der Waals surface area contributed by atoms with Crippen molar-refractivity contribution < 1.29 is 8.42 Å².